The Labute approximate surface area is 160 Å². The second-order valence-corrected chi connectivity index (χ2v) is 7.48. The molecule has 4 rings (SSSR count). The Morgan fingerprint density at radius 3 is 2.59 bits per heavy atom. The quantitative estimate of drug-likeness (QED) is 0.876. The Hall–Kier alpha value is -2.37. The van der Waals surface area contributed by atoms with Crippen LogP contribution in [0.1, 0.15) is 23.1 Å². The predicted molar refractivity (Wildman–Crippen MR) is 107 cm³/mol. The Balaban J connectivity index is 1.29. The summed E-state index contributed by atoms with van der Waals surface area (Å²) in [5.74, 6) is 0. The lowest BCUT2D eigenvalue weighted by molar-refractivity contribution is 0.106. The van der Waals surface area contributed by atoms with Crippen molar-refractivity contribution in [3.05, 3.63) is 65.2 Å². The number of carbonyl (C=O) groups excluding carboxylic acids is 1. The Bertz CT molecular complexity index is 808. The molecule has 5 heteroatoms. The van der Waals surface area contributed by atoms with Crippen molar-refractivity contribution >= 4 is 11.7 Å². The van der Waals surface area contributed by atoms with Crippen LogP contribution in [0.2, 0.25) is 0 Å². The standard InChI is InChI=1S/C22H27N3O2/c26-20(16-24-13-11-17-6-1-2-8-19(17)15-24)14-23-22(27)25-12-5-9-18-7-3-4-10-21(18)25/h1-4,6-8,10,20,26H,5,9,11-16H2,(H,23,27)/t20-/m1/s1. The van der Waals surface area contributed by atoms with Crippen molar-refractivity contribution in [1.82, 2.24) is 10.2 Å². The van der Waals surface area contributed by atoms with Crippen molar-refractivity contribution in [3.63, 3.8) is 0 Å². The molecule has 0 radical (unpaired) electrons. The fraction of sp³-hybridized carbons (Fsp3) is 0.409. The summed E-state index contributed by atoms with van der Waals surface area (Å²) < 4.78 is 0. The van der Waals surface area contributed by atoms with Gasteiger partial charge in [-0.25, -0.2) is 4.79 Å². The average molecular weight is 365 g/mol. The van der Waals surface area contributed by atoms with Crippen LogP contribution in [-0.2, 0) is 19.4 Å². The molecule has 2 N–H and O–H groups in total. The average Bonchev–Trinajstić information content (AvgIpc) is 2.71. The Morgan fingerprint density at radius 1 is 1.00 bits per heavy atom. The lowest BCUT2D eigenvalue weighted by atomic mass is 10.00. The number of nitrogens with one attached hydrogen (secondary N) is 1. The van der Waals surface area contributed by atoms with Gasteiger partial charge in [0.1, 0.15) is 0 Å². The summed E-state index contributed by atoms with van der Waals surface area (Å²) in [5, 5.41) is 13.3. The highest BCUT2D eigenvalue weighted by atomic mass is 16.3. The molecule has 2 aromatic rings. The number of benzene rings is 2. The molecule has 2 aromatic carbocycles. The summed E-state index contributed by atoms with van der Waals surface area (Å²) >= 11 is 0. The van der Waals surface area contributed by atoms with Crippen LogP contribution < -0.4 is 10.2 Å². The summed E-state index contributed by atoms with van der Waals surface area (Å²) in [6.45, 7) is 3.38. The SMILES string of the molecule is O=C(NC[C@@H](O)CN1CCc2ccccc2C1)N1CCCc2ccccc21. The van der Waals surface area contributed by atoms with Crippen molar-refractivity contribution < 1.29 is 9.90 Å². The van der Waals surface area contributed by atoms with Gasteiger partial charge in [-0.05, 0) is 42.0 Å². The number of anilines is 1. The van der Waals surface area contributed by atoms with Crippen LogP contribution in [-0.4, -0.2) is 48.3 Å². The van der Waals surface area contributed by atoms with Gasteiger partial charge in [0, 0.05) is 38.4 Å². The number of aliphatic hydroxyl groups is 1. The zero-order valence-corrected chi connectivity index (χ0v) is 15.6. The highest BCUT2D eigenvalue weighted by molar-refractivity contribution is 5.93. The van der Waals surface area contributed by atoms with Gasteiger partial charge in [0.25, 0.3) is 0 Å². The van der Waals surface area contributed by atoms with Gasteiger partial charge < -0.3 is 10.4 Å². The molecule has 0 unspecified atom stereocenters. The van der Waals surface area contributed by atoms with Crippen LogP contribution in [0.3, 0.4) is 0 Å². The number of aryl methyl sites for hydroxylation is 1. The summed E-state index contributed by atoms with van der Waals surface area (Å²) in [6.07, 6.45) is 2.43. The normalized spacial score (nSPS) is 17.7. The first-order valence-electron chi connectivity index (χ1n) is 9.81. The van der Waals surface area contributed by atoms with Gasteiger partial charge in [-0.3, -0.25) is 9.80 Å². The van der Waals surface area contributed by atoms with Gasteiger partial charge in [-0.1, -0.05) is 42.5 Å². The molecule has 0 aliphatic carbocycles. The number of para-hydroxylation sites is 1. The number of urea groups is 1. The molecule has 0 saturated heterocycles. The summed E-state index contributed by atoms with van der Waals surface area (Å²) in [4.78, 5) is 16.7. The maximum atomic E-state index is 12.6. The third-order valence-corrected chi connectivity index (χ3v) is 5.52. The molecule has 0 saturated carbocycles. The van der Waals surface area contributed by atoms with Crippen LogP contribution in [0.4, 0.5) is 10.5 Å². The van der Waals surface area contributed by atoms with Crippen LogP contribution in [0.5, 0.6) is 0 Å². The van der Waals surface area contributed by atoms with E-state index >= 15 is 0 Å². The zero-order chi connectivity index (χ0) is 18.6. The number of aliphatic hydroxyl groups excluding tert-OH is 1. The van der Waals surface area contributed by atoms with E-state index in [1.807, 2.05) is 18.2 Å². The van der Waals surface area contributed by atoms with E-state index in [4.69, 9.17) is 0 Å². The van der Waals surface area contributed by atoms with Crippen molar-refractivity contribution in [1.29, 1.82) is 0 Å². The number of rotatable bonds is 4. The van der Waals surface area contributed by atoms with E-state index in [1.165, 1.54) is 16.7 Å². The van der Waals surface area contributed by atoms with E-state index in [0.717, 1.165) is 44.6 Å². The molecule has 2 amide bonds. The number of carbonyl (C=O) groups is 1. The number of amides is 2. The minimum atomic E-state index is -0.570. The fourth-order valence-electron chi connectivity index (χ4n) is 4.12. The molecular formula is C22H27N3O2. The predicted octanol–water partition coefficient (Wildman–Crippen LogP) is 2.57. The monoisotopic (exact) mass is 365 g/mol. The molecule has 0 bridgehead atoms. The molecule has 5 nitrogen and oxygen atoms in total. The first kappa shape index (κ1) is 18.0. The van der Waals surface area contributed by atoms with Gasteiger partial charge in [-0.15, -0.1) is 0 Å². The van der Waals surface area contributed by atoms with Crippen LogP contribution >= 0.6 is 0 Å². The third kappa shape index (κ3) is 4.15. The number of hydrogen-bond acceptors (Lipinski definition) is 3. The molecule has 0 spiro atoms. The van der Waals surface area contributed by atoms with Gasteiger partial charge >= 0.3 is 6.03 Å². The number of β-amino-alcohol motifs (C(OH)–C–C–N with tert-alkyl or cyclic N) is 1. The second-order valence-electron chi connectivity index (χ2n) is 7.48. The first-order chi connectivity index (χ1) is 13.2. The van der Waals surface area contributed by atoms with Crippen molar-refractivity contribution in [2.75, 3.05) is 31.1 Å². The molecule has 1 atom stereocenters. The fourth-order valence-corrected chi connectivity index (χ4v) is 4.12. The number of fused-ring (bicyclic) bond motifs is 2. The molecule has 142 valence electrons. The van der Waals surface area contributed by atoms with Crippen LogP contribution in [0, 0.1) is 0 Å². The van der Waals surface area contributed by atoms with Crippen molar-refractivity contribution in [3.8, 4) is 0 Å². The maximum absolute atomic E-state index is 12.6. The lowest BCUT2D eigenvalue weighted by Crippen LogP contribution is -2.47. The third-order valence-electron chi connectivity index (χ3n) is 5.52. The van der Waals surface area contributed by atoms with Crippen molar-refractivity contribution in [2.45, 2.75) is 31.9 Å². The van der Waals surface area contributed by atoms with E-state index < -0.39 is 6.10 Å². The van der Waals surface area contributed by atoms with Crippen molar-refractivity contribution in [2.24, 2.45) is 0 Å². The zero-order valence-electron chi connectivity index (χ0n) is 15.6. The Kier molecular flexibility index (Phi) is 5.41. The lowest BCUT2D eigenvalue weighted by Gasteiger charge is -2.31. The largest absolute Gasteiger partial charge is 0.390 e. The molecular weight excluding hydrogens is 338 g/mol. The van der Waals surface area contributed by atoms with E-state index in [-0.39, 0.29) is 12.6 Å². The van der Waals surface area contributed by atoms with E-state index in [0.29, 0.717) is 6.54 Å². The summed E-state index contributed by atoms with van der Waals surface area (Å²) in [6, 6.07) is 16.4. The highest BCUT2D eigenvalue weighted by Gasteiger charge is 2.23. The topological polar surface area (TPSA) is 55.8 Å². The summed E-state index contributed by atoms with van der Waals surface area (Å²) in [5.41, 5.74) is 4.94. The molecule has 2 aliphatic rings. The van der Waals surface area contributed by atoms with Crippen LogP contribution in [0.15, 0.2) is 48.5 Å². The van der Waals surface area contributed by atoms with E-state index in [1.54, 1.807) is 4.90 Å². The van der Waals surface area contributed by atoms with Gasteiger partial charge in [0.05, 0.1) is 6.10 Å². The van der Waals surface area contributed by atoms with Crippen LogP contribution in [0.25, 0.3) is 0 Å². The van der Waals surface area contributed by atoms with E-state index in [9.17, 15) is 9.90 Å². The number of hydrogen-bond donors (Lipinski definition) is 2. The maximum Gasteiger partial charge on any atom is 0.321 e. The molecule has 2 heterocycles. The van der Waals surface area contributed by atoms with Gasteiger partial charge in [0.2, 0.25) is 0 Å². The molecule has 27 heavy (non-hydrogen) atoms. The minimum Gasteiger partial charge on any atom is -0.390 e. The first-order valence-corrected chi connectivity index (χ1v) is 9.81. The molecule has 0 fully saturated rings. The van der Waals surface area contributed by atoms with Gasteiger partial charge in [0.15, 0.2) is 0 Å². The Morgan fingerprint density at radius 2 is 1.74 bits per heavy atom. The van der Waals surface area contributed by atoms with E-state index in [2.05, 4.69) is 40.5 Å². The second kappa shape index (κ2) is 8.11. The number of nitrogens with zero attached hydrogens (tertiary/aromatic N) is 2. The molecule has 0 aromatic heterocycles. The minimum absolute atomic E-state index is 0.120. The highest BCUT2D eigenvalue weighted by Crippen LogP contribution is 2.26. The molecule has 2 aliphatic heterocycles. The van der Waals surface area contributed by atoms with Gasteiger partial charge in [-0.2, -0.15) is 0 Å². The smallest absolute Gasteiger partial charge is 0.321 e. The summed E-state index contributed by atoms with van der Waals surface area (Å²) in [7, 11) is 0.